The zero-order chi connectivity index (χ0) is 29.2. The molecule has 0 atom stereocenters. The van der Waals surface area contributed by atoms with Gasteiger partial charge in [-0.15, -0.1) is 0 Å². The van der Waals surface area contributed by atoms with Gasteiger partial charge < -0.3 is 0 Å². The number of alkyl halides is 18. The van der Waals surface area contributed by atoms with Gasteiger partial charge in [-0.25, -0.2) is 0 Å². The lowest BCUT2D eigenvalue weighted by Gasteiger charge is -2.25. The summed E-state index contributed by atoms with van der Waals surface area (Å²) in [5, 5.41) is -4.94. The molecule has 0 N–H and O–H groups in total. The normalized spacial score (nSPS) is 14.3. The maximum atomic E-state index is 13.5. The van der Waals surface area contributed by atoms with E-state index in [-0.39, 0.29) is 0 Å². The first kappa shape index (κ1) is 30.8. The molecule has 37 heavy (non-hydrogen) atoms. The molecule has 0 amide bonds. The Bertz CT molecular complexity index is 993. The standard InChI is InChI=1S/C18H5F18P/c19-13(20,21)5-1-7(15(25,26)27)11(8(2-5)16(28,29)30)37-12-9(17(31,32)33)3-6(14(22,23)24)4-10(12)18(34,35)36/h1-4,37H. The molecule has 0 aliphatic rings. The molecular formula is C18H5F18P. The molecule has 0 saturated heterocycles. The van der Waals surface area contributed by atoms with Crippen molar-refractivity contribution < 1.29 is 79.0 Å². The zero-order valence-electron chi connectivity index (χ0n) is 16.6. The van der Waals surface area contributed by atoms with Crippen LogP contribution in [0.3, 0.4) is 0 Å². The Hall–Kier alpha value is -2.39. The Kier molecular flexibility index (Phi) is 7.60. The fourth-order valence-electron chi connectivity index (χ4n) is 2.90. The summed E-state index contributed by atoms with van der Waals surface area (Å²) in [6, 6.07) is -3.82. The molecule has 0 radical (unpaired) electrons. The lowest BCUT2D eigenvalue weighted by atomic mass is 10.0. The van der Waals surface area contributed by atoms with E-state index in [1.165, 1.54) is 0 Å². The van der Waals surface area contributed by atoms with E-state index in [1.54, 1.807) is 0 Å². The minimum absolute atomic E-state index is 0.956. The molecule has 2 aromatic carbocycles. The third kappa shape index (κ3) is 6.93. The molecule has 0 heterocycles. The van der Waals surface area contributed by atoms with E-state index in [0.29, 0.717) is 0 Å². The molecule has 0 fully saturated rings. The molecule has 208 valence electrons. The first-order chi connectivity index (χ1) is 16.1. The zero-order valence-corrected chi connectivity index (χ0v) is 17.6. The average Bonchev–Trinajstić information content (AvgIpc) is 2.62. The van der Waals surface area contributed by atoms with Crippen molar-refractivity contribution in [2.45, 2.75) is 37.1 Å². The van der Waals surface area contributed by atoms with Crippen molar-refractivity contribution in [1.82, 2.24) is 0 Å². The molecule has 0 aromatic heterocycles. The molecule has 0 saturated carbocycles. The predicted octanol–water partition coefficient (Wildman–Crippen LogP) is 8.43. The summed E-state index contributed by atoms with van der Waals surface area (Å²) in [6.07, 6.45) is -36.4. The van der Waals surface area contributed by atoms with Crippen molar-refractivity contribution in [2.75, 3.05) is 0 Å². The van der Waals surface area contributed by atoms with Gasteiger partial charge in [0.15, 0.2) is 0 Å². The van der Waals surface area contributed by atoms with Crippen molar-refractivity contribution in [3.8, 4) is 0 Å². The second-order valence-electron chi connectivity index (χ2n) is 7.00. The van der Waals surface area contributed by atoms with Crippen molar-refractivity contribution in [3.05, 3.63) is 57.6 Å². The van der Waals surface area contributed by atoms with Crippen LogP contribution < -0.4 is 10.6 Å². The molecule has 2 aromatic rings. The van der Waals surface area contributed by atoms with Gasteiger partial charge in [-0.05, 0) is 24.3 Å². The number of rotatable bonds is 2. The summed E-state index contributed by atoms with van der Waals surface area (Å²) in [7, 11) is -2.99. The second kappa shape index (κ2) is 9.12. The maximum absolute atomic E-state index is 13.5. The van der Waals surface area contributed by atoms with E-state index < -0.39 is 114 Å². The minimum Gasteiger partial charge on any atom is -0.166 e. The monoisotopic (exact) mass is 594 g/mol. The van der Waals surface area contributed by atoms with Gasteiger partial charge in [0, 0.05) is 10.6 Å². The van der Waals surface area contributed by atoms with E-state index in [4.69, 9.17) is 0 Å². The van der Waals surface area contributed by atoms with Crippen LogP contribution in [0.25, 0.3) is 0 Å². The molecule has 0 aliphatic carbocycles. The number of hydrogen-bond donors (Lipinski definition) is 0. The van der Waals surface area contributed by atoms with Crippen LogP contribution in [0.2, 0.25) is 0 Å². The van der Waals surface area contributed by atoms with Gasteiger partial charge in [0.25, 0.3) is 0 Å². The van der Waals surface area contributed by atoms with Gasteiger partial charge in [0.2, 0.25) is 0 Å². The Balaban J connectivity index is 3.12. The highest BCUT2D eigenvalue weighted by Gasteiger charge is 2.48. The summed E-state index contributed by atoms with van der Waals surface area (Å²) < 4.78 is 239. The summed E-state index contributed by atoms with van der Waals surface area (Å²) in [6.45, 7) is 0. The van der Waals surface area contributed by atoms with Gasteiger partial charge >= 0.3 is 37.1 Å². The van der Waals surface area contributed by atoms with Gasteiger partial charge in [-0.2, -0.15) is 79.0 Å². The van der Waals surface area contributed by atoms with Gasteiger partial charge in [-0.3, -0.25) is 0 Å². The van der Waals surface area contributed by atoms with Crippen molar-refractivity contribution in [2.24, 2.45) is 0 Å². The van der Waals surface area contributed by atoms with Crippen molar-refractivity contribution >= 4 is 19.2 Å². The van der Waals surface area contributed by atoms with Gasteiger partial charge in [0.05, 0.1) is 33.4 Å². The van der Waals surface area contributed by atoms with Crippen LogP contribution in [0.15, 0.2) is 24.3 Å². The Morgan fingerprint density at radius 3 is 0.649 bits per heavy atom. The van der Waals surface area contributed by atoms with Gasteiger partial charge in [0.1, 0.15) is 0 Å². The van der Waals surface area contributed by atoms with E-state index in [2.05, 4.69) is 0 Å². The molecule has 0 bridgehead atoms. The lowest BCUT2D eigenvalue weighted by molar-refractivity contribution is -0.149. The fourth-order valence-corrected chi connectivity index (χ4v) is 4.54. The predicted molar refractivity (Wildman–Crippen MR) is 90.5 cm³/mol. The summed E-state index contributed by atoms with van der Waals surface area (Å²) in [5.41, 5.74) is -16.7. The lowest BCUT2D eigenvalue weighted by Crippen LogP contribution is -2.32. The molecule has 0 nitrogen and oxygen atoms in total. The molecular weight excluding hydrogens is 589 g/mol. The molecule has 0 unspecified atom stereocenters. The van der Waals surface area contributed by atoms with Gasteiger partial charge in [-0.1, -0.05) is 8.58 Å². The van der Waals surface area contributed by atoms with Crippen LogP contribution in [-0.2, 0) is 37.1 Å². The highest BCUT2D eigenvalue weighted by Crippen LogP contribution is 2.46. The number of benzene rings is 2. The van der Waals surface area contributed by atoms with E-state index in [0.717, 1.165) is 0 Å². The molecule has 0 spiro atoms. The van der Waals surface area contributed by atoms with Crippen LogP contribution in [0.5, 0.6) is 0 Å². The SMILES string of the molecule is FC(F)(F)c1cc(C(F)(F)F)c(Pc2c(C(F)(F)F)cc(C(F)(F)F)cc2C(F)(F)F)c(C(F)(F)F)c1. The van der Waals surface area contributed by atoms with Crippen LogP contribution in [-0.4, -0.2) is 0 Å². The molecule has 19 heteroatoms. The van der Waals surface area contributed by atoms with Crippen molar-refractivity contribution in [3.63, 3.8) is 0 Å². The van der Waals surface area contributed by atoms with Crippen molar-refractivity contribution in [1.29, 1.82) is 0 Å². The van der Waals surface area contributed by atoms with Crippen LogP contribution in [0.1, 0.15) is 33.4 Å². The van der Waals surface area contributed by atoms with Crippen LogP contribution in [0.4, 0.5) is 79.0 Å². The Morgan fingerprint density at radius 1 is 0.324 bits per heavy atom. The summed E-state index contributed by atoms with van der Waals surface area (Å²) in [4.78, 5) is 0. The molecule has 0 aliphatic heterocycles. The number of halogens is 18. The first-order valence-corrected chi connectivity index (χ1v) is 9.71. The fraction of sp³-hybridized carbons (Fsp3) is 0.333. The van der Waals surface area contributed by atoms with E-state index in [9.17, 15) is 79.0 Å². The Labute approximate surface area is 194 Å². The van der Waals surface area contributed by atoms with Crippen LogP contribution >= 0.6 is 8.58 Å². The highest BCUT2D eigenvalue weighted by molar-refractivity contribution is 7.56. The first-order valence-electron chi connectivity index (χ1n) is 8.71. The smallest absolute Gasteiger partial charge is 0.166 e. The third-order valence-electron chi connectivity index (χ3n) is 4.40. The molecule has 2 rings (SSSR count). The third-order valence-corrected chi connectivity index (χ3v) is 5.98. The minimum atomic E-state index is -6.17. The largest absolute Gasteiger partial charge is 0.417 e. The summed E-state index contributed by atoms with van der Waals surface area (Å²) in [5.74, 6) is 0. The topological polar surface area (TPSA) is 0 Å². The quantitative estimate of drug-likeness (QED) is 0.242. The summed E-state index contributed by atoms with van der Waals surface area (Å²) >= 11 is 0. The van der Waals surface area contributed by atoms with Crippen LogP contribution in [0, 0.1) is 0 Å². The van der Waals surface area contributed by atoms with E-state index in [1.807, 2.05) is 0 Å². The maximum Gasteiger partial charge on any atom is 0.417 e. The van der Waals surface area contributed by atoms with E-state index >= 15 is 0 Å². The average molecular weight is 594 g/mol. The second-order valence-corrected chi connectivity index (χ2v) is 8.25. The number of hydrogen-bond acceptors (Lipinski definition) is 0. The Morgan fingerprint density at radius 2 is 0.514 bits per heavy atom. The highest BCUT2D eigenvalue weighted by atomic mass is 31.1.